The van der Waals surface area contributed by atoms with Gasteiger partial charge in [0, 0.05) is 0 Å². The van der Waals surface area contributed by atoms with Crippen LogP contribution in [0.3, 0.4) is 0 Å². The van der Waals surface area contributed by atoms with Crippen LogP contribution in [0.2, 0.25) is 0 Å². The molecule has 0 atom stereocenters. The van der Waals surface area contributed by atoms with Gasteiger partial charge in [0.1, 0.15) is 15.9 Å². The number of benzene rings is 3. The van der Waals surface area contributed by atoms with Crippen molar-refractivity contribution in [3.8, 4) is 0 Å². The molecule has 0 saturated heterocycles. The molecule has 20 heavy (non-hydrogen) atoms. The first kappa shape index (κ1) is 15.2. The van der Waals surface area contributed by atoms with Gasteiger partial charge in [-0.15, -0.1) is 0 Å². The van der Waals surface area contributed by atoms with Crippen molar-refractivity contribution in [1.29, 1.82) is 0 Å². The maximum atomic E-state index is 2.24. The Hall–Kier alpha value is -1.18. The van der Waals surface area contributed by atoms with Crippen molar-refractivity contribution in [2.24, 2.45) is 0 Å². The second-order valence-electron chi connectivity index (χ2n) is 4.47. The second kappa shape index (κ2) is 7.56. The van der Waals surface area contributed by atoms with Crippen LogP contribution in [-0.4, -0.2) is 0 Å². The van der Waals surface area contributed by atoms with E-state index in [4.69, 9.17) is 0 Å². The van der Waals surface area contributed by atoms with Crippen LogP contribution in [0.1, 0.15) is 0 Å². The highest BCUT2D eigenvalue weighted by molar-refractivity contribution is 7.79. The van der Waals surface area contributed by atoms with Crippen molar-refractivity contribution in [3.63, 3.8) is 0 Å². The van der Waals surface area contributed by atoms with Gasteiger partial charge in [0.15, 0.2) is 0 Å². The summed E-state index contributed by atoms with van der Waals surface area (Å²) < 4.78 is 0. The Balaban J connectivity index is 0.00000147. The summed E-state index contributed by atoms with van der Waals surface area (Å²) in [4.78, 5) is 0. The minimum atomic E-state index is -0.877. The summed E-state index contributed by atoms with van der Waals surface area (Å²) in [6, 6.07) is 32.5. The molecule has 0 saturated carbocycles. The van der Waals surface area contributed by atoms with Gasteiger partial charge in [-0.3, -0.25) is 0 Å². The van der Waals surface area contributed by atoms with Gasteiger partial charge in [-0.2, -0.15) is 0 Å². The van der Waals surface area contributed by atoms with E-state index in [9.17, 15) is 0 Å². The van der Waals surface area contributed by atoms with Crippen LogP contribution in [-0.2, 0) is 0 Å². The lowest BCUT2D eigenvalue weighted by Crippen LogP contribution is -3.00. The standard InChI is InChI=1S/C18H15P.HI/c1-4-10-16(11-5-1)19(17-12-6-2-7-13-17)18-14-8-3-9-15-18;/h1-15H;1H. The van der Waals surface area contributed by atoms with Crippen molar-refractivity contribution in [3.05, 3.63) is 91.0 Å². The summed E-state index contributed by atoms with van der Waals surface area (Å²) in [5, 5.41) is 4.31. The summed E-state index contributed by atoms with van der Waals surface area (Å²) in [7, 11) is -0.877. The molecule has 0 nitrogen and oxygen atoms in total. The molecule has 2 heteroatoms. The number of hydrogen-bond acceptors (Lipinski definition) is 0. The normalized spacial score (nSPS) is 10.1. The van der Waals surface area contributed by atoms with E-state index in [2.05, 4.69) is 91.0 Å². The van der Waals surface area contributed by atoms with Crippen molar-refractivity contribution in [1.82, 2.24) is 0 Å². The Morgan fingerprint density at radius 1 is 0.400 bits per heavy atom. The smallest absolute Gasteiger partial charge is 0.102 e. The van der Waals surface area contributed by atoms with Gasteiger partial charge in [-0.25, -0.2) is 0 Å². The molecule has 0 aromatic heterocycles. The molecule has 3 aromatic rings. The van der Waals surface area contributed by atoms with Gasteiger partial charge in [0.2, 0.25) is 0 Å². The Kier molecular flexibility index (Phi) is 5.75. The van der Waals surface area contributed by atoms with Crippen LogP contribution in [0.4, 0.5) is 0 Å². The number of rotatable bonds is 3. The first-order valence-corrected chi connectivity index (χ1v) is 7.98. The monoisotopic (exact) mass is 390 g/mol. The molecule has 0 radical (unpaired) electrons. The van der Waals surface area contributed by atoms with E-state index in [0.717, 1.165) is 0 Å². The van der Waals surface area contributed by atoms with Gasteiger partial charge < -0.3 is 24.0 Å². The zero-order chi connectivity index (χ0) is 12.9. The van der Waals surface area contributed by atoms with E-state index < -0.39 is 7.92 Å². The topological polar surface area (TPSA) is 0 Å². The lowest BCUT2D eigenvalue weighted by Gasteiger charge is -2.10. The van der Waals surface area contributed by atoms with E-state index in [1.54, 1.807) is 0 Å². The largest absolute Gasteiger partial charge is 1.00 e. The van der Waals surface area contributed by atoms with Crippen LogP contribution in [0.15, 0.2) is 91.0 Å². The quantitative estimate of drug-likeness (QED) is 0.443. The van der Waals surface area contributed by atoms with Crippen molar-refractivity contribution < 1.29 is 24.0 Å². The first-order chi connectivity index (χ1) is 9.45. The summed E-state index contributed by atoms with van der Waals surface area (Å²) >= 11 is 0. The molecule has 0 spiro atoms. The highest BCUT2D eigenvalue weighted by Gasteiger charge is 2.24. The molecule has 0 heterocycles. The number of hydrogen-bond donors (Lipinski definition) is 0. The minimum Gasteiger partial charge on any atom is -1.00 e. The predicted molar refractivity (Wildman–Crippen MR) is 86.5 cm³/mol. The average Bonchev–Trinajstić information content (AvgIpc) is 2.51. The summed E-state index contributed by atoms with van der Waals surface area (Å²) in [6.07, 6.45) is 0. The van der Waals surface area contributed by atoms with Gasteiger partial charge in [0.05, 0.1) is 7.92 Å². The van der Waals surface area contributed by atoms with Gasteiger partial charge in [0.25, 0.3) is 0 Å². The summed E-state index contributed by atoms with van der Waals surface area (Å²) in [5.74, 6) is 0. The minimum absolute atomic E-state index is 0. The molecule has 3 aromatic carbocycles. The lowest BCUT2D eigenvalue weighted by atomic mass is 10.4. The van der Waals surface area contributed by atoms with Crippen LogP contribution >= 0.6 is 7.92 Å². The average molecular weight is 390 g/mol. The van der Waals surface area contributed by atoms with Crippen molar-refractivity contribution in [2.75, 3.05) is 0 Å². The Morgan fingerprint density at radius 2 is 0.650 bits per heavy atom. The fourth-order valence-electron chi connectivity index (χ4n) is 2.31. The summed E-state index contributed by atoms with van der Waals surface area (Å²) in [5.41, 5.74) is 0. The molecule has 0 bridgehead atoms. The zero-order valence-electron chi connectivity index (χ0n) is 11.0. The van der Waals surface area contributed by atoms with E-state index in [1.165, 1.54) is 15.9 Å². The maximum absolute atomic E-state index is 2.24. The van der Waals surface area contributed by atoms with Gasteiger partial charge in [-0.1, -0.05) is 54.6 Å². The molecule has 3 rings (SSSR count). The van der Waals surface area contributed by atoms with E-state index in [0.29, 0.717) is 0 Å². The molecule has 0 aliphatic carbocycles. The highest BCUT2D eigenvalue weighted by atomic mass is 127. The molecule has 0 N–H and O–H groups in total. The molecule has 0 amide bonds. The van der Waals surface area contributed by atoms with E-state index in [-0.39, 0.29) is 24.0 Å². The fourth-order valence-corrected chi connectivity index (χ4v) is 4.89. The first-order valence-electron chi connectivity index (χ1n) is 6.48. The maximum Gasteiger partial charge on any atom is 0.102 e. The zero-order valence-corrected chi connectivity index (χ0v) is 14.2. The van der Waals surface area contributed by atoms with Gasteiger partial charge >= 0.3 is 0 Å². The Morgan fingerprint density at radius 3 is 0.900 bits per heavy atom. The van der Waals surface area contributed by atoms with Crippen LogP contribution in [0.25, 0.3) is 0 Å². The molecule has 100 valence electrons. The Labute approximate surface area is 138 Å². The third-order valence-corrected chi connectivity index (χ3v) is 5.92. The number of halogens is 1. The third kappa shape index (κ3) is 3.47. The SMILES string of the molecule is [I-].c1ccc([PH+](c2ccccc2)c2ccccc2)cc1. The molecule has 0 aliphatic heterocycles. The van der Waals surface area contributed by atoms with Gasteiger partial charge in [-0.05, 0) is 36.4 Å². The van der Waals surface area contributed by atoms with Crippen LogP contribution < -0.4 is 39.9 Å². The Bertz CT molecular complexity index is 529. The molecule has 0 unspecified atom stereocenters. The second-order valence-corrected chi connectivity index (χ2v) is 6.96. The fraction of sp³-hybridized carbons (Fsp3) is 0. The highest BCUT2D eigenvalue weighted by Crippen LogP contribution is 2.32. The third-order valence-electron chi connectivity index (χ3n) is 3.19. The van der Waals surface area contributed by atoms with E-state index >= 15 is 0 Å². The van der Waals surface area contributed by atoms with E-state index in [1.807, 2.05) is 0 Å². The van der Waals surface area contributed by atoms with Crippen molar-refractivity contribution in [2.45, 2.75) is 0 Å². The molecular formula is C18H16IP. The predicted octanol–water partition coefficient (Wildman–Crippen LogP) is 0.181. The lowest BCUT2D eigenvalue weighted by molar-refractivity contribution is -0.00000358. The summed E-state index contributed by atoms with van der Waals surface area (Å²) in [6.45, 7) is 0. The molecule has 0 fully saturated rings. The van der Waals surface area contributed by atoms with Crippen LogP contribution in [0.5, 0.6) is 0 Å². The van der Waals surface area contributed by atoms with Crippen LogP contribution in [0, 0.1) is 0 Å². The molecule has 0 aliphatic rings. The van der Waals surface area contributed by atoms with Crippen molar-refractivity contribution >= 4 is 23.8 Å². The molecular weight excluding hydrogens is 374 g/mol.